The van der Waals surface area contributed by atoms with E-state index in [9.17, 15) is 0 Å². The molecule has 136 valence electrons. The first kappa shape index (κ1) is 20.2. The quantitative estimate of drug-likeness (QED) is 0.428. The summed E-state index contributed by atoms with van der Waals surface area (Å²) in [5.41, 5.74) is 0.117. The molecular weight excluding hydrogens is 288 g/mol. The highest BCUT2D eigenvalue weighted by Gasteiger charge is 2.24. The predicted octanol–water partition coefficient (Wildman–Crippen LogP) is 2.33. The second-order valence-corrected chi connectivity index (χ2v) is 7.85. The summed E-state index contributed by atoms with van der Waals surface area (Å²) in [5.74, 6) is 1.77. The second-order valence-electron chi connectivity index (χ2n) is 7.85. The van der Waals surface area contributed by atoms with Crippen LogP contribution in [0.25, 0.3) is 0 Å². The second kappa shape index (κ2) is 10.1. The van der Waals surface area contributed by atoms with Crippen molar-refractivity contribution in [2.24, 2.45) is 16.3 Å². The fraction of sp³-hybridized carbons (Fsp3) is 0.944. The van der Waals surface area contributed by atoms with Gasteiger partial charge in [0.15, 0.2) is 5.96 Å². The Hall–Kier alpha value is -0.810. The number of guanidine groups is 1. The highest BCUT2D eigenvalue weighted by Crippen LogP contribution is 2.20. The van der Waals surface area contributed by atoms with Gasteiger partial charge in [-0.05, 0) is 50.2 Å². The maximum absolute atomic E-state index is 5.57. The Morgan fingerprint density at radius 2 is 1.91 bits per heavy atom. The van der Waals surface area contributed by atoms with Crippen LogP contribution in [0.15, 0.2) is 4.99 Å². The van der Waals surface area contributed by atoms with Gasteiger partial charge in [-0.15, -0.1) is 0 Å². The van der Waals surface area contributed by atoms with Crippen molar-refractivity contribution in [2.45, 2.75) is 53.1 Å². The molecule has 1 heterocycles. The number of hydrogen-bond donors (Lipinski definition) is 2. The van der Waals surface area contributed by atoms with E-state index in [1.807, 2.05) is 7.05 Å². The molecule has 0 aliphatic carbocycles. The maximum Gasteiger partial charge on any atom is 0.191 e. The minimum absolute atomic E-state index is 0.117. The topological polar surface area (TPSA) is 48.9 Å². The van der Waals surface area contributed by atoms with Gasteiger partial charge in [-0.25, -0.2) is 0 Å². The summed E-state index contributed by atoms with van der Waals surface area (Å²) < 4.78 is 5.57. The lowest BCUT2D eigenvalue weighted by molar-refractivity contribution is 0.0205. The van der Waals surface area contributed by atoms with E-state index in [4.69, 9.17) is 4.74 Å². The Bertz CT molecular complexity index is 343. The zero-order chi connectivity index (χ0) is 17.3. The summed E-state index contributed by atoms with van der Waals surface area (Å²) in [4.78, 5) is 6.88. The molecule has 23 heavy (non-hydrogen) atoms. The van der Waals surface area contributed by atoms with Gasteiger partial charge in [0.2, 0.25) is 0 Å². The van der Waals surface area contributed by atoms with E-state index in [1.54, 1.807) is 7.11 Å². The standard InChI is InChI=1S/C18H38N4O/c1-15-8-12-22(13-9-15)11-7-10-20-17(19-5)21-14-16(23-6)18(2,3)4/h15-16H,7-14H2,1-6H3,(H2,19,20,21). The van der Waals surface area contributed by atoms with Crippen LogP contribution in [0.5, 0.6) is 0 Å². The Kier molecular flexibility index (Phi) is 8.92. The fourth-order valence-electron chi connectivity index (χ4n) is 2.95. The SMILES string of the molecule is CN=C(NCCCN1CCC(C)CC1)NCC(OC)C(C)(C)C. The van der Waals surface area contributed by atoms with Crippen LogP contribution in [0.2, 0.25) is 0 Å². The minimum Gasteiger partial charge on any atom is -0.379 e. The van der Waals surface area contributed by atoms with Crippen molar-refractivity contribution in [2.75, 3.05) is 46.9 Å². The first-order chi connectivity index (χ1) is 10.9. The fourth-order valence-corrected chi connectivity index (χ4v) is 2.95. The molecule has 1 aliphatic rings. The number of likely N-dealkylation sites (tertiary alicyclic amines) is 1. The zero-order valence-electron chi connectivity index (χ0n) is 16.1. The van der Waals surface area contributed by atoms with Crippen molar-refractivity contribution in [3.05, 3.63) is 0 Å². The number of nitrogens with one attached hydrogen (secondary N) is 2. The largest absolute Gasteiger partial charge is 0.379 e. The van der Waals surface area contributed by atoms with Gasteiger partial charge in [-0.1, -0.05) is 27.7 Å². The maximum atomic E-state index is 5.57. The van der Waals surface area contributed by atoms with E-state index in [1.165, 1.54) is 32.5 Å². The van der Waals surface area contributed by atoms with E-state index in [-0.39, 0.29) is 11.5 Å². The van der Waals surface area contributed by atoms with Gasteiger partial charge < -0.3 is 20.3 Å². The van der Waals surface area contributed by atoms with Crippen LogP contribution < -0.4 is 10.6 Å². The van der Waals surface area contributed by atoms with E-state index in [0.717, 1.165) is 31.4 Å². The molecule has 0 amide bonds. The van der Waals surface area contributed by atoms with E-state index in [2.05, 4.69) is 48.2 Å². The van der Waals surface area contributed by atoms with E-state index >= 15 is 0 Å². The molecule has 1 rings (SSSR count). The smallest absolute Gasteiger partial charge is 0.191 e. The lowest BCUT2D eigenvalue weighted by atomic mass is 9.89. The number of ether oxygens (including phenoxy) is 1. The minimum atomic E-state index is 0.117. The molecule has 0 aromatic carbocycles. The molecule has 5 heteroatoms. The van der Waals surface area contributed by atoms with E-state index < -0.39 is 0 Å². The molecule has 0 bridgehead atoms. The third kappa shape index (κ3) is 8.02. The molecule has 1 aliphatic heterocycles. The van der Waals surface area contributed by atoms with Crippen LogP contribution in [-0.4, -0.2) is 63.8 Å². The first-order valence-electron chi connectivity index (χ1n) is 9.06. The lowest BCUT2D eigenvalue weighted by Gasteiger charge is -2.30. The number of rotatable bonds is 7. The van der Waals surface area contributed by atoms with Gasteiger partial charge >= 0.3 is 0 Å². The molecule has 1 saturated heterocycles. The zero-order valence-corrected chi connectivity index (χ0v) is 16.1. The highest BCUT2D eigenvalue weighted by molar-refractivity contribution is 5.79. The molecule has 1 atom stereocenters. The molecule has 2 N–H and O–H groups in total. The average Bonchev–Trinajstić information content (AvgIpc) is 2.50. The van der Waals surface area contributed by atoms with Crippen molar-refractivity contribution in [3.63, 3.8) is 0 Å². The first-order valence-corrected chi connectivity index (χ1v) is 9.06. The Balaban J connectivity index is 2.19. The number of piperidine rings is 1. The normalized spacial score (nSPS) is 19.7. The van der Waals surface area contributed by atoms with Gasteiger partial charge in [-0.3, -0.25) is 4.99 Å². The predicted molar refractivity (Wildman–Crippen MR) is 99.1 cm³/mol. The third-order valence-electron chi connectivity index (χ3n) is 4.75. The van der Waals surface area contributed by atoms with Crippen LogP contribution in [-0.2, 0) is 4.74 Å². The van der Waals surface area contributed by atoms with Gasteiger partial charge in [0.05, 0.1) is 6.10 Å². The van der Waals surface area contributed by atoms with Crippen molar-refractivity contribution >= 4 is 5.96 Å². The average molecular weight is 327 g/mol. The Labute approximate surface area is 143 Å². The molecule has 0 aromatic heterocycles. The monoisotopic (exact) mass is 326 g/mol. The lowest BCUT2D eigenvalue weighted by Crippen LogP contribution is -2.45. The van der Waals surface area contributed by atoms with Crippen LogP contribution in [0.1, 0.15) is 47.0 Å². The van der Waals surface area contributed by atoms with Crippen molar-refractivity contribution in [3.8, 4) is 0 Å². The van der Waals surface area contributed by atoms with Crippen LogP contribution in [0.3, 0.4) is 0 Å². The summed E-state index contributed by atoms with van der Waals surface area (Å²) in [7, 11) is 3.59. The van der Waals surface area contributed by atoms with Gasteiger partial charge in [-0.2, -0.15) is 0 Å². The Morgan fingerprint density at radius 1 is 1.26 bits per heavy atom. The van der Waals surface area contributed by atoms with Crippen molar-refractivity contribution in [1.82, 2.24) is 15.5 Å². The van der Waals surface area contributed by atoms with Gasteiger partial charge in [0, 0.05) is 27.2 Å². The molecule has 1 unspecified atom stereocenters. The highest BCUT2D eigenvalue weighted by atomic mass is 16.5. The molecule has 1 fully saturated rings. The summed E-state index contributed by atoms with van der Waals surface area (Å²) in [5, 5.41) is 6.78. The molecule has 0 radical (unpaired) electrons. The molecular formula is C18H38N4O. The number of hydrogen-bond acceptors (Lipinski definition) is 3. The van der Waals surface area contributed by atoms with Crippen molar-refractivity contribution < 1.29 is 4.74 Å². The van der Waals surface area contributed by atoms with Crippen LogP contribution >= 0.6 is 0 Å². The van der Waals surface area contributed by atoms with Gasteiger partial charge in [0.1, 0.15) is 0 Å². The number of aliphatic imine (C=N–C) groups is 1. The summed E-state index contributed by atoms with van der Waals surface area (Å²) in [6.07, 6.45) is 4.02. The van der Waals surface area contributed by atoms with E-state index in [0.29, 0.717) is 0 Å². The molecule has 0 aromatic rings. The molecule has 5 nitrogen and oxygen atoms in total. The van der Waals surface area contributed by atoms with Crippen LogP contribution in [0, 0.1) is 11.3 Å². The van der Waals surface area contributed by atoms with Crippen molar-refractivity contribution in [1.29, 1.82) is 0 Å². The molecule has 0 saturated carbocycles. The number of nitrogens with zero attached hydrogens (tertiary/aromatic N) is 2. The number of methoxy groups -OCH3 is 1. The molecule has 0 spiro atoms. The Morgan fingerprint density at radius 3 is 2.43 bits per heavy atom. The summed E-state index contributed by atoms with van der Waals surface area (Å²) in [6.45, 7) is 14.4. The summed E-state index contributed by atoms with van der Waals surface area (Å²) >= 11 is 0. The van der Waals surface area contributed by atoms with Crippen LogP contribution in [0.4, 0.5) is 0 Å². The third-order valence-corrected chi connectivity index (χ3v) is 4.75. The van der Waals surface area contributed by atoms with Gasteiger partial charge in [0.25, 0.3) is 0 Å². The summed E-state index contributed by atoms with van der Waals surface area (Å²) in [6, 6.07) is 0.